The van der Waals surface area contributed by atoms with Crippen LogP contribution in [0, 0.1) is 0 Å². The molecule has 0 N–H and O–H groups in total. The van der Waals surface area contributed by atoms with E-state index in [1.54, 1.807) is 0 Å². The Morgan fingerprint density at radius 1 is 0.722 bits per heavy atom. The molecule has 1 aliphatic rings. The minimum absolute atomic E-state index is 1.18. The van der Waals surface area contributed by atoms with Gasteiger partial charge in [-0.15, -0.1) is 0 Å². The molecule has 18 heavy (non-hydrogen) atoms. The second-order valence-corrected chi connectivity index (χ2v) is 6.23. The van der Waals surface area contributed by atoms with Crippen LogP contribution in [0.4, 0.5) is 0 Å². The fourth-order valence-corrected chi connectivity index (χ4v) is 3.04. The lowest BCUT2D eigenvalue weighted by molar-refractivity contribution is 0.135. The van der Waals surface area contributed by atoms with Crippen LogP contribution in [0.5, 0.6) is 0 Å². The molecule has 0 bridgehead atoms. The monoisotopic (exact) mass is 318 g/mol. The molecule has 0 spiro atoms. The first kappa shape index (κ1) is 16.5. The Labute approximate surface area is 122 Å². The van der Waals surface area contributed by atoms with Gasteiger partial charge in [-0.1, -0.05) is 55.0 Å². The molecule has 1 fully saturated rings. The van der Waals surface area contributed by atoms with E-state index in [9.17, 15) is 0 Å². The molecule has 0 aromatic heterocycles. The van der Waals surface area contributed by atoms with Crippen molar-refractivity contribution in [1.29, 1.82) is 0 Å². The van der Waals surface area contributed by atoms with Crippen LogP contribution in [-0.2, 0) is 0 Å². The number of hydrogen-bond acceptors (Lipinski definition) is 2. The van der Waals surface area contributed by atoms with Crippen molar-refractivity contribution in [1.82, 2.24) is 9.80 Å². The molecule has 0 aliphatic carbocycles. The van der Waals surface area contributed by atoms with Crippen molar-refractivity contribution >= 4 is 15.9 Å². The summed E-state index contributed by atoms with van der Waals surface area (Å²) in [6.45, 7) is 9.97. The van der Waals surface area contributed by atoms with Crippen molar-refractivity contribution in [3.8, 4) is 0 Å². The molecule has 1 heterocycles. The van der Waals surface area contributed by atoms with Crippen LogP contribution in [0.3, 0.4) is 0 Å². The van der Waals surface area contributed by atoms with Gasteiger partial charge in [-0.05, 0) is 25.9 Å². The summed E-state index contributed by atoms with van der Waals surface area (Å²) in [6, 6.07) is 0. The highest BCUT2D eigenvalue weighted by molar-refractivity contribution is 9.09. The molecule has 1 saturated heterocycles. The lowest BCUT2D eigenvalue weighted by Crippen LogP contribution is -2.46. The fraction of sp³-hybridized carbons (Fsp3) is 1.00. The van der Waals surface area contributed by atoms with E-state index in [-0.39, 0.29) is 0 Å². The Balaban J connectivity index is 1.84. The molecular formula is C15H31BrN2. The zero-order valence-corrected chi connectivity index (χ0v) is 13.8. The molecule has 0 aromatic rings. The van der Waals surface area contributed by atoms with E-state index >= 15 is 0 Å². The number of likely N-dealkylation sites (N-methyl/N-ethyl adjacent to an activating group) is 1. The Morgan fingerprint density at radius 2 is 1.22 bits per heavy atom. The molecule has 1 rings (SSSR count). The summed E-state index contributed by atoms with van der Waals surface area (Å²) in [6.07, 6.45) is 9.91. The normalized spacial score (nSPS) is 18.3. The van der Waals surface area contributed by atoms with Gasteiger partial charge < -0.3 is 9.80 Å². The molecule has 108 valence electrons. The summed E-state index contributed by atoms with van der Waals surface area (Å²) in [5.74, 6) is 0. The van der Waals surface area contributed by atoms with Gasteiger partial charge in [0.25, 0.3) is 0 Å². The molecule has 0 atom stereocenters. The van der Waals surface area contributed by atoms with Crippen molar-refractivity contribution < 1.29 is 0 Å². The molecule has 0 aromatic carbocycles. The predicted octanol–water partition coefficient (Wildman–Crippen LogP) is 3.75. The highest BCUT2D eigenvalue weighted by Gasteiger charge is 2.14. The van der Waals surface area contributed by atoms with Crippen LogP contribution < -0.4 is 0 Å². The molecular weight excluding hydrogens is 288 g/mol. The predicted molar refractivity (Wildman–Crippen MR) is 84.7 cm³/mol. The Hall–Kier alpha value is 0.400. The quantitative estimate of drug-likeness (QED) is 0.447. The largest absolute Gasteiger partial charge is 0.301 e. The van der Waals surface area contributed by atoms with Gasteiger partial charge in [-0.25, -0.2) is 0 Å². The number of halogens is 1. The van der Waals surface area contributed by atoms with Crippen LogP contribution in [0.25, 0.3) is 0 Å². The second-order valence-electron chi connectivity index (χ2n) is 5.44. The maximum Gasteiger partial charge on any atom is 0.0110 e. The maximum atomic E-state index is 3.49. The fourth-order valence-electron chi connectivity index (χ4n) is 2.64. The summed E-state index contributed by atoms with van der Waals surface area (Å²) in [4.78, 5) is 5.21. The third-order valence-electron chi connectivity index (χ3n) is 4.02. The molecule has 0 unspecified atom stereocenters. The van der Waals surface area contributed by atoms with Gasteiger partial charge in [0, 0.05) is 31.5 Å². The van der Waals surface area contributed by atoms with Crippen molar-refractivity contribution in [2.45, 2.75) is 51.9 Å². The van der Waals surface area contributed by atoms with Gasteiger partial charge in [-0.3, -0.25) is 0 Å². The average molecular weight is 319 g/mol. The highest BCUT2D eigenvalue weighted by atomic mass is 79.9. The Bertz CT molecular complexity index is 179. The zero-order chi connectivity index (χ0) is 13.1. The summed E-state index contributed by atoms with van der Waals surface area (Å²) < 4.78 is 0. The van der Waals surface area contributed by atoms with Crippen LogP contribution in [-0.4, -0.2) is 54.4 Å². The summed E-state index contributed by atoms with van der Waals surface area (Å²) in [5.41, 5.74) is 0. The number of nitrogens with zero attached hydrogens (tertiary/aromatic N) is 2. The number of alkyl halides is 1. The summed E-state index contributed by atoms with van der Waals surface area (Å²) >= 11 is 3.49. The number of rotatable bonds is 10. The van der Waals surface area contributed by atoms with E-state index in [4.69, 9.17) is 0 Å². The van der Waals surface area contributed by atoms with Crippen molar-refractivity contribution in [2.24, 2.45) is 0 Å². The topological polar surface area (TPSA) is 6.48 Å². The van der Waals surface area contributed by atoms with Gasteiger partial charge >= 0.3 is 0 Å². The standard InChI is InChI=1S/C15H31BrN2/c1-2-17-12-14-18(15-13-17)11-9-7-5-3-4-6-8-10-16/h2-15H2,1H3. The molecule has 0 radical (unpaired) electrons. The number of hydrogen-bond donors (Lipinski definition) is 0. The first-order valence-corrected chi connectivity index (χ1v) is 8.99. The van der Waals surface area contributed by atoms with E-state index in [2.05, 4.69) is 32.7 Å². The van der Waals surface area contributed by atoms with Crippen LogP contribution >= 0.6 is 15.9 Å². The SMILES string of the molecule is CCN1CCN(CCCCCCCCCBr)CC1. The van der Waals surface area contributed by atoms with Crippen molar-refractivity contribution in [3.05, 3.63) is 0 Å². The van der Waals surface area contributed by atoms with Gasteiger partial charge in [0.05, 0.1) is 0 Å². The average Bonchev–Trinajstić information content (AvgIpc) is 2.42. The van der Waals surface area contributed by atoms with Crippen LogP contribution in [0.15, 0.2) is 0 Å². The van der Waals surface area contributed by atoms with E-state index in [0.717, 1.165) is 0 Å². The van der Waals surface area contributed by atoms with Gasteiger partial charge in [0.15, 0.2) is 0 Å². The van der Waals surface area contributed by atoms with Gasteiger partial charge in [-0.2, -0.15) is 0 Å². The molecule has 3 heteroatoms. The van der Waals surface area contributed by atoms with Crippen molar-refractivity contribution in [2.75, 3.05) is 44.6 Å². The van der Waals surface area contributed by atoms with Gasteiger partial charge in [0.2, 0.25) is 0 Å². The van der Waals surface area contributed by atoms with E-state index < -0.39 is 0 Å². The molecule has 0 amide bonds. The van der Waals surface area contributed by atoms with E-state index in [0.29, 0.717) is 0 Å². The van der Waals surface area contributed by atoms with E-state index in [1.165, 1.54) is 89.5 Å². The molecule has 1 aliphatic heterocycles. The molecule has 2 nitrogen and oxygen atoms in total. The lowest BCUT2D eigenvalue weighted by atomic mass is 10.1. The molecule has 0 saturated carbocycles. The third kappa shape index (κ3) is 7.75. The number of unbranched alkanes of at least 4 members (excludes halogenated alkanes) is 6. The lowest BCUT2D eigenvalue weighted by Gasteiger charge is -2.33. The van der Waals surface area contributed by atoms with E-state index in [1.807, 2.05) is 0 Å². The Morgan fingerprint density at radius 3 is 1.78 bits per heavy atom. The minimum Gasteiger partial charge on any atom is -0.301 e. The highest BCUT2D eigenvalue weighted by Crippen LogP contribution is 2.09. The first-order valence-electron chi connectivity index (χ1n) is 7.87. The third-order valence-corrected chi connectivity index (χ3v) is 4.58. The van der Waals surface area contributed by atoms with Crippen molar-refractivity contribution in [3.63, 3.8) is 0 Å². The Kier molecular flexibility index (Phi) is 10.3. The maximum absolute atomic E-state index is 3.49. The van der Waals surface area contributed by atoms with Crippen LogP contribution in [0.1, 0.15) is 51.9 Å². The minimum atomic E-state index is 1.18. The van der Waals surface area contributed by atoms with Gasteiger partial charge in [0.1, 0.15) is 0 Å². The summed E-state index contributed by atoms with van der Waals surface area (Å²) in [7, 11) is 0. The summed E-state index contributed by atoms with van der Waals surface area (Å²) in [5, 5.41) is 1.18. The zero-order valence-electron chi connectivity index (χ0n) is 12.2. The van der Waals surface area contributed by atoms with Crippen LogP contribution in [0.2, 0.25) is 0 Å². The first-order chi connectivity index (χ1) is 8.86. The number of piperazine rings is 1. The smallest absolute Gasteiger partial charge is 0.0110 e. The second kappa shape index (κ2) is 11.2.